The fraction of sp³-hybridized carbons (Fsp3) is 0.375. The van der Waals surface area contributed by atoms with Crippen molar-refractivity contribution in [2.24, 2.45) is 0 Å². The van der Waals surface area contributed by atoms with Crippen LogP contribution in [0.15, 0.2) is 24.3 Å². The summed E-state index contributed by atoms with van der Waals surface area (Å²) in [4.78, 5) is 0. The molecule has 0 spiro atoms. The van der Waals surface area contributed by atoms with Gasteiger partial charge in [-0.1, -0.05) is 37.6 Å². The van der Waals surface area contributed by atoms with E-state index in [0.29, 0.717) is 11.8 Å². The Morgan fingerprint density at radius 2 is 2.00 bits per heavy atom. The van der Waals surface area contributed by atoms with Gasteiger partial charge in [0.1, 0.15) is 5.75 Å². The first-order chi connectivity index (χ1) is 10.0. The van der Waals surface area contributed by atoms with Crippen LogP contribution in [-0.4, -0.2) is 15.3 Å². The molecule has 1 fully saturated rings. The monoisotopic (exact) mass is 304 g/mol. The third-order valence-corrected chi connectivity index (χ3v) is 3.82. The van der Waals surface area contributed by atoms with Crippen LogP contribution in [0, 0.1) is 0 Å². The van der Waals surface area contributed by atoms with Crippen LogP contribution in [0.3, 0.4) is 0 Å². The molecule has 0 saturated heterocycles. The molecule has 3 rings (SSSR count). The summed E-state index contributed by atoms with van der Waals surface area (Å²) >= 11 is 5.69. The second-order valence-electron chi connectivity index (χ2n) is 5.69. The van der Waals surface area contributed by atoms with Crippen molar-refractivity contribution in [3.63, 3.8) is 0 Å². The summed E-state index contributed by atoms with van der Waals surface area (Å²) in [5.41, 5.74) is 2.35. The first-order valence-corrected chi connectivity index (χ1v) is 7.46. The van der Waals surface area contributed by atoms with Crippen molar-refractivity contribution in [2.75, 3.05) is 0 Å². The summed E-state index contributed by atoms with van der Waals surface area (Å²) in [6.45, 7) is 4.27. The predicted molar refractivity (Wildman–Crippen MR) is 81.3 cm³/mol. The zero-order chi connectivity index (χ0) is 15.0. The number of hydrogen-bond donors (Lipinski definition) is 1. The number of nitrogens with zero attached hydrogens (tertiary/aromatic N) is 2. The molecule has 2 aromatic rings. The third kappa shape index (κ3) is 3.10. The molecule has 21 heavy (non-hydrogen) atoms. The summed E-state index contributed by atoms with van der Waals surface area (Å²) in [5.74, 6) is 1.68. The molecule has 1 aliphatic carbocycles. The lowest BCUT2D eigenvalue weighted by Gasteiger charge is -2.14. The molecule has 110 valence electrons. The Morgan fingerprint density at radius 1 is 1.24 bits per heavy atom. The number of ether oxygens (including phenoxy) is 1. The van der Waals surface area contributed by atoms with Crippen molar-refractivity contribution in [3.05, 3.63) is 40.5 Å². The first kappa shape index (κ1) is 14.1. The van der Waals surface area contributed by atoms with E-state index in [2.05, 4.69) is 36.2 Å². The number of halogens is 1. The van der Waals surface area contributed by atoms with Crippen molar-refractivity contribution in [2.45, 2.75) is 38.5 Å². The van der Waals surface area contributed by atoms with Gasteiger partial charge in [0.25, 0.3) is 5.88 Å². The van der Waals surface area contributed by atoms with Crippen LogP contribution < -0.4 is 4.74 Å². The first-order valence-electron chi connectivity index (χ1n) is 7.08. The van der Waals surface area contributed by atoms with Gasteiger partial charge in [0.2, 0.25) is 0 Å². The van der Waals surface area contributed by atoms with E-state index in [1.807, 2.05) is 6.07 Å². The number of aromatic hydroxyl groups is 1. The van der Waals surface area contributed by atoms with E-state index in [0.717, 1.165) is 11.3 Å². The fourth-order valence-electron chi connectivity index (χ4n) is 2.25. The van der Waals surface area contributed by atoms with E-state index in [1.165, 1.54) is 24.5 Å². The molecule has 1 aromatic carbocycles. The molecule has 5 heteroatoms. The predicted octanol–water partition coefficient (Wildman–Crippen LogP) is 4.63. The van der Waals surface area contributed by atoms with Gasteiger partial charge in [-0.2, -0.15) is 0 Å². The molecule has 0 atom stereocenters. The zero-order valence-electron chi connectivity index (χ0n) is 12.0. The lowest BCUT2D eigenvalue weighted by Crippen LogP contribution is -1.97. The molecular formula is C16H17ClN2O2. The Morgan fingerprint density at radius 3 is 2.62 bits per heavy atom. The van der Waals surface area contributed by atoms with Crippen molar-refractivity contribution in [1.29, 1.82) is 0 Å². The largest absolute Gasteiger partial charge is 0.503 e. The molecule has 1 N–H and O–H groups in total. The van der Waals surface area contributed by atoms with E-state index in [1.54, 1.807) is 0 Å². The molecule has 1 aromatic heterocycles. The molecule has 0 radical (unpaired) electrons. The minimum atomic E-state index is -0.105. The molecule has 1 heterocycles. The smallest absolute Gasteiger partial charge is 0.281 e. The van der Waals surface area contributed by atoms with Crippen LogP contribution in [0.4, 0.5) is 0 Å². The standard InChI is InChI=1S/C16H17ClN2O2/c1-9(2)11-5-6-12(10-3-4-10)14(7-11)21-16-13(20)8-15(17)18-19-16/h5-10H,3-4H2,1-2H3,(H,18,20). The van der Waals surface area contributed by atoms with Gasteiger partial charge >= 0.3 is 0 Å². The molecule has 0 amide bonds. The van der Waals surface area contributed by atoms with E-state index >= 15 is 0 Å². The molecule has 4 nitrogen and oxygen atoms in total. The topological polar surface area (TPSA) is 55.2 Å². The average Bonchev–Trinajstić information content (AvgIpc) is 3.26. The summed E-state index contributed by atoms with van der Waals surface area (Å²) in [6, 6.07) is 7.60. The molecule has 0 bridgehead atoms. The highest BCUT2D eigenvalue weighted by molar-refractivity contribution is 6.29. The SMILES string of the molecule is CC(C)c1ccc(C2CC2)c(Oc2nnc(Cl)cc2O)c1. The number of rotatable bonds is 4. The quantitative estimate of drug-likeness (QED) is 0.894. The second-order valence-corrected chi connectivity index (χ2v) is 6.07. The van der Waals surface area contributed by atoms with E-state index in [9.17, 15) is 5.11 Å². The van der Waals surface area contributed by atoms with Crippen LogP contribution in [0.25, 0.3) is 0 Å². The van der Waals surface area contributed by atoms with Crippen LogP contribution in [0.2, 0.25) is 5.15 Å². The van der Waals surface area contributed by atoms with Gasteiger partial charge in [-0.15, -0.1) is 10.2 Å². The van der Waals surface area contributed by atoms with Gasteiger partial charge in [-0.25, -0.2) is 0 Å². The summed E-state index contributed by atoms with van der Waals surface area (Å²) < 4.78 is 5.81. The number of hydrogen-bond acceptors (Lipinski definition) is 4. The van der Waals surface area contributed by atoms with Gasteiger partial charge in [-0.05, 0) is 41.9 Å². The van der Waals surface area contributed by atoms with Gasteiger partial charge < -0.3 is 9.84 Å². The number of aromatic nitrogens is 2. The van der Waals surface area contributed by atoms with Gasteiger partial charge in [0, 0.05) is 6.07 Å². The van der Waals surface area contributed by atoms with Gasteiger partial charge in [0.15, 0.2) is 10.9 Å². The molecular weight excluding hydrogens is 288 g/mol. The highest BCUT2D eigenvalue weighted by Crippen LogP contribution is 2.46. The van der Waals surface area contributed by atoms with Crippen LogP contribution in [0.5, 0.6) is 17.4 Å². The van der Waals surface area contributed by atoms with E-state index in [4.69, 9.17) is 16.3 Å². The van der Waals surface area contributed by atoms with Crippen LogP contribution in [-0.2, 0) is 0 Å². The maximum Gasteiger partial charge on any atom is 0.281 e. The highest BCUT2D eigenvalue weighted by Gasteiger charge is 2.27. The van der Waals surface area contributed by atoms with Crippen LogP contribution in [0.1, 0.15) is 49.7 Å². The van der Waals surface area contributed by atoms with E-state index in [-0.39, 0.29) is 16.8 Å². The Bertz CT molecular complexity index is 669. The lowest BCUT2D eigenvalue weighted by molar-refractivity contribution is 0.389. The zero-order valence-corrected chi connectivity index (χ0v) is 12.8. The minimum Gasteiger partial charge on any atom is -0.503 e. The summed E-state index contributed by atoms with van der Waals surface area (Å²) in [5, 5.41) is 17.5. The minimum absolute atomic E-state index is 0.0854. The second kappa shape index (κ2) is 5.53. The molecule has 0 aliphatic heterocycles. The van der Waals surface area contributed by atoms with E-state index < -0.39 is 0 Å². The average molecular weight is 305 g/mol. The maximum absolute atomic E-state index is 9.86. The maximum atomic E-state index is 9.86. The normalized spacial score (nSPS) is 14.5. The van der Waals surface area contributed by atoms with Crippen molar-refractivity contribution in [1.82, 2.24) is 10.2 Å². The summed E-state index contributed by atoms with van der Waals surface area (Å²) in [6.07, 6.45) is 2.35. The highest BCUT2D eigenvalue weighted by atomic mass is 35.5. The lowest BCUT2D eigenvalue weighted by atomic mass is 9.99. The van der Waals surface area contributed by atoms with Crippen LogP contribution >= 0.6 is 11.6 Å². The van der Waals surface area contributed by atoms with Crippen molar-refractivity contribution >= 4 is 11.6 Å². The van der Waals surface area contributed by atoms with Crippen molar-refractivity contribution in [3.8, 4) is 17.4 Å². The Kier molecular flexibility index (Phi) is 3.72. The Hall–Kier alpha value is -1.81. The fourth-order valence-corrected chi connectivity index (χ4v) is 2.40. The van der Waals surface area contributed by atoms with Gasteiger partial charge in [0.05, 0.1) is 0 Å². The Balaban J connectivity index is 1.97. The molecule has 0 unspecified atom stereocenters. The summed E-state index contributed by atoms with van der Waals surface area (Å²) in [7, 11) is 0. The van der Waals surface area contributed by atoms with Gasteiger partial charge in [-0.3, -0.25) is 0 Å². The Labute approximate surface area is 128 Å². The third-order valence-electron chi connectivity index (χ3n) is 3.64. The molecule has 1 aliphatic rings. The number of benzene rings is 1. The van der Waals surface area contributed by atoms with Crippen molar-refractivity contribution < 1.29 is 9.84 Å². The molecule has 1 saturated carbocycles.